The molecule has 29 heavy (non-hydrogen) atoms. The SMILES string of the molecule is CN(Cc1cnccn1)c1nc2ccccc2nc1NS(=O)(=O)c1ccccc1. The van der Waals surface area contributed by atoms with Crippen LogP contribution in [0.15, 0.2) is 78.1 Å². The Kier molecular flexibility index (Phi) is 5.05. The van der Waals surface area contributed by atoms with Crippen molar-refractivity contribution in [2.24, 2.45) is 0 Å². The van der Waals surface area contributed by atoms with Gasteiger partial charge in [0.05, 0.1) is 34.4 Å². The Morgan fingerprint density at radius 1 is 0.931 bits per heavy atom. The fraction of sp³-hybridized carbons (Fsp3) is 0.100. The third-order valence-electron chi connectivity index (χ3n) is 4.21. The molecule has 0 fully saturated rings. The van der Waals surface area contributed by atoms with Crippen molar-refractivity contribution in [2.75, 3.05) is 16.7 Å². The van der Waals surface area contributed by atoms with Gasteiger partial charge in [0.25, 0.3) is 10.0 Å². The molecular weight excluding hydrogens is 388 g/mol. The van der Waals surface area contributed by atoms with E-state index in [1.54, 1.807) is 54.8 Å². The maximum atomic E-state index is 12.9. The monoisotopic (exact) mass is 406 g/mol. The van der Waals surface area contributed by atoms with Gasteiger partial charge in [0.15, 0.2) is 11.6 Å². The van der Waals surface area contributed by atoms with E-state index in [0.717, 1.165) is 5.69 Å². The maximum Gasteiger partial charge on any atom is 0.263 e. The average molecular weight is 406 g/mol. The first kappa shape index (κ1) is 18.8. The van der Waals surface area contributed by atoms with E-state index in [1.807, 2.05) is 18.2 Å². The summed E-state index contributed by atoms with van der Waals surface area (Å²) in [5.41, 5.74) is 1.98. The van der Waals surface area contributed by atoms with Crippen molar-refractivity contribution >= 4 is 32.7 Å². The highest BCUT2D eigenvalue weighted by molar-refractivity contribution is 7.92. The molecule has 4 aromatic rings. The Morgan fingerprint density at radius 3 is 2.31 bits per heavy atom. The van der Waals surface area contributed by atoms with E-state index in [4.69, 9.17) is 0 Å². The fourth-order valence-electron chi connectivity index (χ4n) is 2.84. The molecule has 0 aliphatic carbocycles. The highest BCUT2D eigenvalue weighted by Gasteiger charge is 2.20. The quantitative estimate of drug-likeness (QED) is 0.525. The van der Waals surface area contributed by atoms with Gasteiger partial charge in [0, 0.05) is 19.4 Å². The zero-order valence-electron chi connectivity index (χ0n) is 15.6. The molecule has 146 valence electrons. The molecule has 0 radical (unpaired) electrons. The van der Waals surface area contributed by atoms with Gasteiger partial charge in [0.2, 0.25) is 0 Å². The van der Waals surface area contributed by atoms with E-state index in [2.05, 4.69) is 24.7 Å². The molecule has 0 aliphatic rings. The normalized spacial score (nSPS) is 11.3. The van der Waals surface area contributed by atoms with E-state index in [1.165, 1.54) is 12.1 Å². The highest BCUT2D eigenvalue weighted by Crippen LogP contribution is 2.27. The van der Waals surface area contributed by atoms with Gasteiger partial charge in [-0.05, 0) is 24.3 Å². The van der Waals surface area contributed by atoms with Crippen LogP contribution in [-0.2, 0) is 16.6 Å². The molecule has 4 rings (SSSR count). The predicted molar refractivity (Wildman–Crippen MR) is 111 cm³/mol. The molecule has 0 aliphatic heterocycles. The van der Waals surface area contributed by atoms with Gasteiger partial charge in [-0.2, -0.15) is 0 Å². The van der Waals surface area contributed by atoms with Crippen LogP contribution in [0.25, 0.3) is 11.0 Å². The lowest BCUT2D eigenvalue weighted by molar-refractivity contribution is 0.601. The molecule has 9 heteroatoms. The molecule has 2 aromatic heterocycles. The van der Waals surface area contributed by atoms with Crippen LogP contribution in [0, 0.1) is 0 Å². The number of nitrogens with one attached hydrogen (secondary N) is 1. The molecule has 0 bridgehead atoms. The molecule has 0 unspecified atom stereocenters. The van der Waals surface area contributed by atoms with Crippen LogP contribution in [0.1, 0.15) is 5.69 Å². The number of para-hydroxylation sites is 2. The number of hydrogen-bond acceptors (Lipinski definition) is 7. The summed E-state index contributed by atoms with van der Waals surface area (Å²) in [4.78, 5) is 19.4. The van der Waals surface area contributed by atoms with E-state index < -0.39 is 10.0 Å². The van der Waals surface area contributed by atoms with Gasteiger partial charge >= 0.3 is 0 Å². The van der Waals surface area contributed by atoms with Crippen LogP contribution in [-0.4, -0.2) is 35.4 Å². The third-order valence-corrected chi connectivity index (χ3v) is 5.57. The van der Waals surface area contributed by atoms with Gasteiger partial charge in [-0.1, -0.05) is 30.3 Å². The number of nitrogens with zero attached hydrogens (tertiary/aromatic N) is 5. The number of sulfonamides is 1. The lowest BCUT2D eigenvalue weighted by Gasteiger charge is -2.21. The Bertz CT molecular complexity index is 1230. The van der Waals surface area contributed by atoms with Crippen molar-refractivity contribution in [2.45, 2.75) is 11.4 Å². The fourth-order valence-corrected chi connectivity index (χ4v) is 3.87. The predicted octanol–water partition coefficient (Wildman–Crippen LogP) is 2.86. The van der Waals surface area contributed by atoms with Gasteiger partial charge < -0.3 is 4.90 Å². The van der Waals surface area contributed by atoms with Crippen molar-refractivity contribution in [3.63, 3.8) is 0 Å². The number of rotatable bonds is 6. The molecule has 0 saturated carbocycles. The summed E-state index contributed by atoms with van der Waals surface area (Å²) in [5.74, 6) is 0.549. The zero-order chi connectivity index (χ0) is 20.3. The van der Waals surface area contributed by atoms with Crippen molar-refractivity contribution in [1.29, 1.82) is 0 Å². The van der Waals surface area contributed by atoms with Gasteiger partial charge in [-0.3, -0.25) is 14.7 Å². The van der Waals surface area contributed by atoms with Crippen molar-refractivity contribution in [1.82, 2.24) is 19.9 Å². The van der Waals surface area contributed by atoms with Crippen molar-refractivity contribution in [3.05, 3.63) is 78.9 Å². The van der Waals surface area contributed by atoms with Crippen LogP contribution in [0.4, 0.5) is 11.6 Å². The Balaban J connectivity index is 1.76. The van der Waals surface area contributed by atoms with Crippen LogP contribution in [0.3, 0.4) is 0 Å². The molecule has 0 atom stereocenters. The lowest BCUT2D eigenvalue weighted by atomic mass is 10.3. The summed E-state index contributed by atoms with van der Waals surface area (Å²) in [5, 5.41) is 0. The van der Waals surface area contributed by atoms with Gasteiger partial charge in [-0.15, -0.1) is 0 Å². The molecule has 0 saturated heterocycles. The van der Waals surface area contributed by atoms with Crippen molar-refractivity contribution in [3.8, 4) is 0 Å². The number of aromatic nitrogens is 4. The third kappa shape index (κ3) is 4.14. The second-order valence-corrected chi connectivity index (χ2v) is 8.04. The van der Waals surface area contributed by atoms with Crippen LogP contribution in [0.5, 0.6) is 0 Å². The summed E-state index contributed by atoms with van der Waals surface area (Å²) < 4.78 is 28.3. The Morgan fingerprint density at radius 2 is 1.62 bits per heavy atom. The largest absolute Gasteiger partial charge is 0.351 e. The standard InChI is InChI=1S/C20H18N6O2S/c1-26(14-15-13-21-11-12-22-15)20-19(23-17-9-5-6-10-18(17)24-20)25-29(27,28)16-7-3-2-4-8-16/h2-13H,14H2,1H3,(H,23,25). The molecule has 2 aromatic carbocycles. The number of fused-ring (bicyclic) bond motifs is 1. The summed E-state index contributed by atoms with van der Waals surface area (Å²) in [6.45, 7) is 0.390. The molecule has 0 amide bonds. The Hall–Kier alpha value is -3.59. The van der Waals surface area contributed by atoms with E-state index in [0.29, 0.717) is 23.4 Å². The average Bonchev–Trinajstić information content (AvgIpc) is 2.74. The van der Waals surface area contributed by atoms with Crippen LogP contribution >= 0.6 is 0 Å². The molecule has 2 heterocycles. The molecule has 1 N–H and O–H groups in total. The van der Waals surface area contributed by atoms with Crippen LogP contribution < -0.4 is 9.62 Å². The molecular formula is C20H18N6O2S. The molecule has 0 spiro atoms. The summed E-state index contributed by atoms with van der Waals surface area (Å²) in [6.07, 6.45) is 4.85. The van der Waals surface area contributed by atoms with E-state index in [-0.39, 0.29) is 10.7 Å². The van der Waals surface area contributed by atoms with E-state index in [9.17, 15) is 8.42 Å². The molecule has 8 nitrogen and oxygen atoms in total. The lowest BCUT2D eigenvalue weighted by Crippen LogP contribution is -2.23. The minimum atomic E-state index is -3.82. The Labute approximate surface area is 168 Å². The number of hydrogen-bond donors (Lipinski definition) is 1. The summed E-state index contributed by atoms with van der Waals surface area (Å²) in [6, 6.07) is 15.5. The van der Waals surface area contributed by atoms with Gasteiger partial charge in [0.1, 0.15) is 0 Å². The maximum absolute atomic E-state index is 12.9. The minimum absolute atomic E-state index is 0.150. The minimum Gasteiger partial charge on any atom is -0.351 e. The first-order chi connectivity index (χ1) is 14.0. The topological polar surface area (TPSA) is 101 Å². The zero-order valence-corrected chi connectivity index (χ0v) is 16.4. The summed E-state index contributed by atoms with van der Waals surface area (Å²) in [7, 11) is -2.02. The second-order valence-electron chi connectivity index (χ2n) is 6.36. The second kappa shape index (κ2) is 7.80. The van der Waals surface area contributed by atoms with Crippen molar-refractivity contribution < 1.29 is 8.42 Å². The first-order valence-electron chi connectivity index (χ1n) is 8.83. The van der Waals surface area contributed by atoms with Gasteiger partial charge in [-0.25, -0.2) is 18.4 Å². The number of anilines is 2. The smallest absolute Gasteiger partial charge is 0.263 e. The number of benzene rings is 2. The highest BCUT2D eigenvalue weighted by atomic mass is 32.2. The first-order valence-corrected chi connectivity index (χ1v) is 10.3. The van der Waals surface area contributed by atoms with Crippen LogP contribution in [0.2, 0.25) is 0 Å². The van der Waals surface area contributed by atoms with E-state index >= 15 is 0 Å². The summed E-state index contributed by atoms with van der Waals surface area (Å²) >= 11 is 0.